The second kappa shape index (κ2) is 7.42. The van der Waals surface area contributed by atoms with E-state index in [2.05, 4.69) is 26.2 Å². The van der Waals surface area contributed by atoms with Gasteiger partial charge in [0.15, 0.2) is 0 Å². The average Bonchev–Trinajstić information content (AvgIpc) is 2.47. The monoisotopic (exact) mass is 367 g/mol. The second-order valence-corrected chi connectivity index (χ2v) is 6.11. The summed E-state index contributed by atoms with van der Waals surface area (Å²) in [6.07, 6.45) is 2.57. The molecule has 7 heteroatoms. The number of anilines is 1. The van der Waals surface area contributed by atoms with E-state index in [1.807, 2.05) is 25.1 Å². The number of aromatic nitrogens is 1. The fourth-order valence-electron chi connectivity index (χ4n) is 1.75. The first-order valence-electron chi connectivity index (χ1n) is 6.43. The van der Waals surface area contributed by atoms with Crippen LogP contribution in [0.1, 0.15) is 13.3 Å². The van der Waals surface area contributed by atoms with Crippen LogP contribution < -0.4 is 5.32 Å². The molecule has 2 aromatic rings. The summed E-state index contributed by atoms with van der Waals surface area (Å²) in [6.45, 7) is 2.71. The van der Waals surface area contributed by atoms with Crippen molar-refractivity contribution < 1.29 is 4.92 Å². The Hall–Kier alpha value is -1.60. The lowest BCUT2D eigenvalue weighted by Crippen LogP contribution is -2.04. The number of nitro groups is 1. The van der Waals surface area contributed by atoms with Gasteiger partial charge in [-0.2, -0.15) is 0 Å². The zero-order valence-corrected chi connectivity index (χ0v) is 13.8. The van der Waals surface area contributed by atoms with Crippen molar-refractivity contribution in [1.29, 1.82) is 0 Å². The van der Waals surface area contributed by atoms with E-state index < -0.39 is 0 Å². The van der Waals surface area contributed by atoms with E-state index in [0.29, 0.717) is 22.2 Å². The third-order valence-electron chi connectivity index (χ3n) is 2.68. The molecule has 0 saturated heterocycles. The van der Waals surface area contributed by atoms with Gasteiger partial charge in [-0.25, -0.2) is 4.98 Å². The Balaban J connectivity index is 2.39. The zero-order valence-electron chi connectivity index (χ0n) is 11.4. The highest BCUT2D eigenvalue weighted by Gasteiger charge is 2.21. The quantitative estimate of drug-likeness (QED) is 0.590. The fraction of sp³-hybridized carbons (Fsp3) is 0.214. The van der Waals surface area contributed by atoms with E-state index in [1.165, 1.54) is 11.8 Å². The van der Waals surface area contributed by atoms with Crippen LogP contribution in [0.2, 0.25) is 0 Å². The SMILES string of the molecule is CCCNc1cccc(Sc2ncccc2Br)c1[N+](=O)[O-]. The Bertz CT molecular complexity index is 652. The predicted octanol–water partition coefficient (Wildman–Crippen LogP) is 4.73. The Morgan fingerprint density at radius 3 is 2.86 bits per heavy atom. The first-order chi connectivity index (χ1) is 10.1. The van der Waals surface area contributed by atoms with Gasteiger partial charge in [-0.1, -0.05) is 24.8 Å². The summed E-state index contributed by atoms with van der Waals surface area (Å²) in [7, 11) is 0. The Morgan fingerprint density at radius 2 is 2.19 bits per heavy atom. The van der Waals surface area contributed by atoms with E-state index in [0.717, 1.165) is 10.9 Å². The third-order valence-corrected chi connectivity index (χ3v) is 4.65. The number of nitrogens with zero attached hydrogens (tertiary/aromatic N) is 2. The van der Waals surface area contributed by atoms with Gasteiger partial charge in [0.25, 0.3) is 0 Å². The number of nitro benzene ring substituents is 1. The highest BCUT2D eigenvalue weighted by atomic mass is 79.9. The lowest BCUT2D eigenvalue weighted by Gasteiger charge is -2.09. The molecule has 0 aliphatic carbocycles. The van der Waals surface area contributed by atoms with Crippen molar-refractivity contribution in [3.8, 4) is 0 Å². The van der Waals surface area contributed by atoms with Crippen molar-refractivity contribution in [2.75, 3.05) is 11.9 Å². The summed E-state index contributed by atoms with van der Waals surface area (Å²) in [5.41, 5.74) is 0.632. The van der Waals surface area contributed by atoms with Gasteiger partial charge in [-0.3, -0.25) is 10.1 Å². The molecule has 1 heterocycles. The van der Waals surface area contributed by atoms with E-state index in [9.17, 15) is 10.1 Å². The maximum atomic E-state index is 11.4. The largest absolute Gasteiger partial charge is 0.379 e. The number of pyridine rings is 1. The molecule has 0 amide bonds. The Labute approximate surface area is 135 Å². The Kier molecular flexibility index (Phi) is 5.58. The summed E-state index contributed by atoms with van der Waals surface area (Å²) in [5.74, 6) is 0. The van der Waals surface area contributed by atoms with Gasteiger partial charge in [0, 0.05) is 12.7 Å². The van der Waals surface area contributed by atoms with Gasteiger partial charge in [0.05, 0.1) is 14.3 Å². The number of rotatable bonds is 6. The maximum Gasteiger partial charge on any atom is 0.306 e. The minimum Gasteiger partial charge on any atom is -0.379 e. The number of nitrogens with one attached hydrogen (secondary N) is 1. The molecule has 0 unspecified atom stereocenters. The summed E-state index contributed by atoms with van der Waals surface area (Å²) < 4.78 is 0.816. The van der Waals surface area contributed by atoms with Crippen molar-refractivity contribution >= 4 is 39.1 Å². The molecule has 0 atom stereocenters. The molecule has 5 nitrogen and oxygen atoms in total. The fourth-order valence-corrected chi connectivity index (χ4v) is 3.16. The smallest absolute Gasteiger partial charge is 0.306 e. The standard InChI is InChI=1S/C14H14BrN3O2S/c1-2-8-16-11-6-3-7-12(13(11)18(19)20)21-14-10(15)5-4-9-17-14/h3-7,9,16H,2,8H2,1H3. The third kappa shape index (κ3) is 3.95. The van der Waals surface area contributed by atoms with Gasteiger partial charge in [-0.15, -0.1) is 0 Å². The molecule has 0 spiro atoms. The molecule has 1 aromatic heterocycles. The molecule has 0 bridgehead atoms. The van der Waals surface area contributed by atoms with Gasteiger partial charge >= 0.3 is 5.69 Å². The summed E-state index contributed by atoms with van der Waals surface area (Å²) in [5, 5.41) is 15.2. The first kappa shape index (κ1) is 15.8. The normalized spacial score (nSPS) is 10.4. The van der Waals surface area contributed by atoms with Gasteiger partial charge in [-0.05, 0) is 46.6 Å². The highest BCUT2D eigenvalue weighted by molar-refractivity contribution is 9.10. The number of benzene rings is 1. The van der Waals surface area contributed by atoms with Crippen LogP contribution >= 0.6 is 27.7 Å². The van der Waals surface area contributed by atoms with Gasteiger partial charge < -0.3 is 5.32 Å². The number of hydrogen-bond donors (Lipinski definition) is 1. The van der Waals surface area contributed by atoms with Crippen LogP contribution in [-0.4, -0.2) is 16.5 Å². The lowest BCUT2D eigenvalue weighted by atomic mass is 10.2. The molecule has 0 saturated carbocycles. The summed E-state index contributed by atoms with van der Waals surface area (Å²) in [6, 6.07) is 8.94. The van der Waals surface area contributed by atoms with Crippen LogP contribution in [0.3, 0.4) is 0 Å². The minimum atomic E-state index is -0.350. The van der Waals surface area contributed by atoms with Gasteiger partial charge in [0.2, 0.25) is 0 Å². The van der Waals surface area contributed by atoms with Crippen molar-refractivity contribution in [3.05, 3.63) is 51.1 Å². The molecule has 0 fully saturated rings. The Morgan fingerprint density at radius 1 is 1.38 bits per heavy atom. The lowest BCUT2D eigenvalue weighted by molar-refractivity contribution is -0.386. The highest BCUT2D eigenvalue weighted by Crippen LogP contribution is 2.40. The van der Waals surface area contributed by atoms with Gasteiger partial charge in [0.1, 0.15) is 10.7 Å². The van der Waals surface area contributed by atoms with Crippen LogP contribution in [0.4, 0.5) is 11.4 Å². The number of halogens is 1. The van der Waals surface area contributed by atoms with Crippen molar-refractivity contribution in [1.82, 2.24) is 4.98 Å². The molecule has 21 heavy (non-hydrogen) atoms. The van der Waals surface area contributed by atoms with Crippen LogP contribution in [0, 0.1) is 10.1 Å². The molecule has 110 valence electrons. The molecule has 0 radical (unpaired) electrons. The van der Waals surface area contributed by atoms with Crippen molar-refractivity contribution in [2.24, 2.45) is 0 Å². The van der Waals surface area contributed by atoms with Crippen molar-refractivity contribution in [2.45, 2.75) is 23.3 Å². The van der Waals surface area contributed by atoms with Crippen LogP contribution in [0.5, 0.6) is 0 Å². The van der Waals surface area contributed by atoms with Crippen LogP contribution in [0.15, 0.2) is 50.9 Å². The van der Waals surface area contributed by atoms with E-state index in [1.54, 1.807) is 18.3 Å². The van der Waals surface area contributed by atoms with E-state index in [-0.39, 0.29) is 10.6 Å². The predicted molar refractivity (Wildman–Crippen MR) is 87.9 cm³/mol. The number of para-hydroxylation sites is 1. The molecular weight excluding hydrogens is 354 g/mol. The summed E-state index contributed by atoms with van der Waals surface area (Å²) >= 11 is 4.68. The molecular formula is C14H14BrN3O2S. The molecule has 0 aliphatic heterocycles. The minimum absolute atomic E-state index is 0.0912. The maximum absolute atomic E-state index is 11.4. The zero-order chi connectivity index (χ0) is 15.2. The molecule has 0 aliphatic rings. The van der Waals surface area contributed by atoms with E-state index in [4.69, 9.17) is 0 Å². The summed E-state index contributed by atoms with van der Waals surface area (Å²) in [4.78, 5) is 15.9. The average molecular weight is 368 g/mol. The molecule has 1 N–H and O–H groups in total. The van der Waals surface area contributed by atoms with E-state index >= 15 is 0 Å². The number of hydrogen-bond acceptors (Lipinski definition) is 5. The van der Waals surface area contributed by atoms with Crippen LogP contribution in [0.25, 0.3) is 0 Å². The molecule has 2 rings (SSSR count). The molecule has 1 aromatic carbocycles. The van der Waals surface area contributed by atoms with Crippen LogP contribution in [-0.2, 0) is 0 Å². The van der Waals surface area contributed by atoms with Crippen molar-refractivity contribution in [3.63, 3.8) is 0 Å². The first-order valence-corrected chi connectivity index (χ1v) is 8.04. The topological polar surface area (TPSA) is 68.1 Å². The second-order valence-electron chi connectivity index (χ2n) is 4.23.